The van der Waals surface area contributed by atoms with Gasteiger partial charge in [0.25, 0.3) is 0 Å². The smallest absolute Gasteiger partial charge is 0.179 e. The normalized spacial score (nSPS) is 13.2. The third kappa shape index (κ3) is 2.92. The minimum atomic E-state index is -3.45. The van der Waals surface area contributed by atoms with Crippen molar-refractivity contribution in [3.05, 3.63) is 17.7 Å². The first-order valence-electron chi connectivity index (χ1n) is 5.19. The molecule has 18 heavy (non-hydrogen) atoms. The molecule has 1 aromatic carbocycles. The highest BCUT2D eigenvalue weighted by atomic mass is 32.2. The van der Waals surface area contributed by atoms with E-state index in [-0.39, 0.29) is 22.9 Å². The highest BCUT2D eigenvalue weighted by Gasteiger charge is 2.21. The Morgan fingerprint density at radius 3 is 2.22 bits per heavy atom. The third-order valence-corrected chi connectivity index (χ3v) is 3.62. The number of nitrogens with two attached hydrogens (primary N) is 1. The van der Waals surface area contributed by atoms with Crippen molar-refractivity contribution in [3.8, 4) is 11.5 Å². The highest BCUT2D eigenvalue weighted by Crippen LogP contribution is 2.34. The molecule has 6 nitrogen and oxygen atoms in total. The maximum Gasteiger partial charge on any atom is 0.179 e. The summed E-state index contributed by atoms with van der Waals surface area (Å²) < 4.78 is 33.3. The van der Waals surface area contributed by atoms with Crippen molar-refractivity contribution in [3.63, 3.8) is 0 Å². The van der Waals surface area contributed by atoms with Crippen molar-refractivity contribution in [2.75, 3.05) is 27.0 Å². The van der Waals surface area contributed by atoms with Gasteiger partial charge in [0.2, 0.25) is 0 Å². The second kappa shape index (κ2) is 5.55. The van der Waals surface area contributed by atoms with Gasteiger partial charge in [0, 0.05) is 24.4 Å². The van der Waals surface area contributed by atoms with Crippen LogP contribution in [0, 0.1) is 0 Å². The monoisotopic (exact) mass is 275 g/mol. The molecule has 0 saturated heterocycles. The molecule has 0 aromatic heterocycles. The molecule has 0 aliphatic rings. The van der Waals surface area contributed by atoms with Gasteiger partial charge in [0.15, 0.2) is 9.84 Å². The third-order valence-electron chi connectivity index (χ3n) is 2.50. The van der Waals surface area contributed by atoms with Gasteiger partial charge in [-0.1, -0.05) is 0 Å². The molecule has 0 amide bonds. The lowest BCUT2D eigenvalue weighted by atomic mass is 10.1. The predicted molar refractivity (Wildman–Crippen MR) is 66.7 cm³/mol. The second-order valence-corrected chi connectivity index (χ2v) is 5.75. The zero-order chi connectivity index (χ0) is 13.9. The van der Waals surface area contributed by atoms with Gasteiger partial charge >= 0.3 is 0 Å². The lowest BCUT2D eigenvalue weighted by Gasteiger charge is -2.16. The Balaban J connectivity index is 3.52. The minimum Gasteiger partial charge on any atom is -0.496 e. The van der Waals surface area contributed by atoms with Crippen molar-refractivity contribution in [1.82, 2.24) is 0 Å². The molecule has 0 bridgehead atoms. The van der Waals surface area contributed by atoms with Crippen LogP contribution in [-0.4, -0.2) is 40.5 Å². The van der Waals surface area contributed by atoms with Gasteiger partial charge in [-0.05, 0) is 6.07 Å². The average molecular weight is 275 g/mol. The fraction of sp³-hybridized carbons (Fsp3) is 0.455. The molecule has 1 aromatic rings. The molecule has 1 atom stereocenters. The van der Waals surface area contributed by atoms with E-state index in [0.717, 1.165) is 6.26 Å². The Kier molecular flexibility index (Phi) is 4.55. The van der Waals surface area contributed by atoms with Crippen molar-refractivity contribution in [2.24, 2.45) is 5.73 Å². The van der Waals surface area contributed by atoms with E-state index in [2.05, 4.69) is 0 Å². The number of aliphatic hydroxyl groups excluding tert-OH is 1. The largest absolute Gasteiger partial charge is 0.496 e. The van der Waals surface area contributed by atoms with Crippen molar-refractivity contribution in [2.45, 2.75) is 11.0 Å². The van der Waals surface area contributed by atoms with Gasteiger partial charge in [0.1, 0.15) is 16.4 Å². The van der Waals surface area contributed by atoms with E-state index in [1.165, 1.54) is 26.4 Å². The number of hydrogen-bond donors (Lipinski definition) is 2. The Labute approximate surface area is 106 Å². The molecule has 0 saturated carbocycles. The molecule has 1 rings (SSSR count). The van der Waals surface area contributed by atoms with Gasteiger partial charge < -0.3 is 20.3 Å². The molecule has 0 aliphatic heterocycles. The van der Waals surface area contributed by atoms with Crippen LogP contribution in [0.15, 0.2) is 17.0 Å². The zero-order valence-corrected chi connectivity index (χ0v) is 11.3. The number of rotatable bonds is 5. The molecule has 1 unspecified atom stereocenters. The van der Waals surface area contributed by atoms with E-state index < -0.39 is 15.9 Å². The summed E-state index contributed by atoms with van der Waals surface area (Å²) in [5.41, 5.74) is 5.77. The highest BCUT2D eigenvalue weighted by molar-refractivity contribution is 7.90. The maximum atomic E-state index is 11.6. The fourth-order valence-electron chi connectivity index (χ4n) is 1.57. The lowest BCUT2D eigenvalue weighted by molar-refractivity contribution is 0.181. The number of ether oxygens (including phenoxy) is 2. The Hall–Kier alpha value is -1.31. The van der Waals surface area contributed by atoms with Gasteiger partial charge in [0.05, 0.1) is 20.3 Å². The molecule has 102 valence electrons. The fourth-order valence-corrected chi connectivity index (χ4v) is 2.40. The summed E-state index contributed by atoms with van der Waals surface area (Å²) >= 11 is 0. The zero-order valence-electron chi connectivity index (χ0n) is 10.5. The molecule has 3 N–H and O–H groups in total. The van der Waals surface area contributed by atoms with E-state index in [1.807, 2.05) is 0 Å². The molecule has 0 aliphatic carbocycles. The quantitative estimate of drug-likeness (QED) is 0.790. The van der Waals surface area contributed by atoms with E-state index in [9.17, 15) is 13.5 Å². The van der Waals surface area contributed by atoms with Crippen molar-refractivity contribution >= 4 is 9.84 Å². The van der Waals surface area contributed by atoms with Crippen LogP contribution in [0.3, 0.4) is 0 Å². The molecule has 0 radical (unpaired) electrons. The SMILES string of the molecule is COc1cc(S(C)(=O)=O)c(OC)cc1C(O)CN. The Morgan fingerprint density at radius 1 is 1.28 bits per heavy atom. The first-order valence-corrected chi connectivity index (χ1v) is 7.08. The van der Waals surface area contributed by atoms with Crippen LogP contribution < -0.4 is 15.2 Å². The van der Waals surface area contributed by atoms with E-state index in [0.29, 0.717) is 5.56 Å². The van der Waals surface area contributed by atoms with Gasteiger partial charge in [-0.25, -0.2) is 8.42 Å². The summed E-state index contributed by atoms with van der Waals surface area (Å²) in [6.07, 6.45) is 0.131. The van der Waals surface area contributed by atoms with E-state index >= 15 is 0 Å². The van der Waals surface area contributed by atoms with Gasteiger partial charge in [-0.3, -0.25) is 0 Å². The van der Waals surface area contributed by atoms with Crippen LogP contribution in [0.2, 0.25) is 0 Å². The summed E-state index contributed by atoms with van der Waals surface area (Å²) in [4.78, 5) is 0.00909. The Morgan fingerprint density at radius 2 is 1.83 bits per heavy atom. The number of aliphatic hydroxyl groups is 1. The number of sulfone groups is 1. The van der Waals surface area contributed by atoms with Crippen LogP contribution in [0.1, 0.15) is 11.7 Å². The molecular formula is C11H17NO5S. The summed E-state index contributed by atoms with van der Waals surface area (Å²) in [5.74, 6) is 0.412. The molecular weight excluding hydrogens is 258 g/mol. The average Bonchev–Trinajstić information content (AvgIpc) is 2.34. The molecule has 0 heterocycles. The summed E-state index contributed by atoms with van der Waals surface area (Å²) in [6.45, 7) is -0.00225. The van der Waals surface area contributed by atoms with Crippen molar-refractivity contribution in [1.29, 1.82) is 0 Å². The summed E-state index contributed by atoms with van der Waals surface area (Å²) in [7, 11) is -0.699. The maximum absolute atomic E-state index is 11.6. The van der Waals surface area contributed by atoms with Gasteiger partial charge in [-0.15, -0.1) is 0 Å². The van der Waals surface area contributed by atoms with Crippen LogP contribution in [0.4, 0.5) is 0 Å². The van der Waals surface area contributed by atoms with Gasteiger partial charge in [-0.2, -0.15) is 0 Å². The molecule has 0 fully saturated rings. The van der Waals surface area contributed by atoms with Crippen LogP contribution in [0.5, 0.6) is 11.5 Å². The first-order chi connectivity index (χ1) is 8.35. The number of benzene rings is 1. The predicted octanol–water partition coefficient (Wildman–Crippen LogP) is 0.0994. The topological polar surface area (TPSA) is 98.9 Å². The molecule has 0 spiro atoms. The van der Waals surface area contributed by atoms with Crippen LogP contribution in [0.25, 0.3) is 0 Å². The van der Waals surface area contributed by atoms with E-state index in [1.54, 1.807) is 0 Å². The van der Waals surface area contributed by atoms with E-state index in [4.69, 9.17) is 15.2 Å². The lowest BCUT2D eigenvalue weighted by Crippen LogP contribution is -2.13. The molecule has 7 heteroatoms. The van der Waals surface area contributed by atoms with Crippen LogP contribution >= 0.6 is 0 Å². The number of methoxy groups -OCH3 is 2. The summed E-state index contributed by atoms with van der Waals surface area (Å²) in [6, 6.07) is 2.75. The first kappa shape index (κ1) is 14.7. The van der Waals surface area contributed by atoms with Crippen LogP contribution in [-0.2, 0) is 9.84 Å². The minimum absolute atomic E-state index is 0.00225. The number of hydrogen-bond acceptors (Lipinski definition) is 6. The Bertz CT molecular complexity index is 526. The standard InChI is InChI=1S/C11H17NO5S/c1-16-9-5-11(18(3,14)15)10(17-2)4-7(9)8(13)6-12/h4-5,8,13H,6,12H2,1-3H3. The van der Waals surface area contributed by atoms with Crippen molar-refractivity contribution < 1.29 is 23.0 Å². The second-order valence-electron chi connectivity index (χ2n) is 3.77. The summed E-state index contributed by atoms with van der Waals surface area (Å²) in [5, 5.41) is 9.74.